The van der Waals surface area contributed by atoms with Crippen LogP contribution in [0.2, 0.25) is 0 Å². The lowest BCUT2D eigenvalue weighted by molar-refractivity contribution is -0.120. The lowest BCUT2D eigenvalue weighted by Crippen LogP contribution is -2.50. The van der Waals surface area contributed by atoms with Gasteiger partial charge in [0, 0.05) is 19.4 Å². The van der Waals surface area contributed by atoms with Gasteiger partial charge in [0.2, 0.25) is 5.91 Å². The minimum absolute atomic E-state index is 0.165. The van der Waals surface area contributed by atoms with Gasteiger partial charge in [-0.15, -0.1) is 0 Å². The number of benzene rings is 1. The zero-order valence-electron chi connectivity index (χ0n) is 13.9. The monoisotopic (exact) mass is 344 g/mol. The molecule has 0 unspecified atom stereocenters. The van der Waals surface area contributed by atoms with Gasteiger partial charge in [-0.1, -0.05) is 24.2 Å². The minimum Gasteiger partial charge on any atom is -0.390 e. The molecule has 0 saturated carbocycles. The Hall–Kier alpha value is -2.90. The molecule has 2 heterocycles. The van der Waals surface area contributed by atoms with Crippen LogP contribution in [0, 0.1) is 0 Å². The average molecular weight is 344 g/mol. The molecule has 8 nitrogen and oxygen atoms in total. The number of oxime groups is 1. The van der Waals surface area contributed by atoms with Crippen molar-refractivity contribution < 1.29 is 19.2 Å². The maximum atomic E-state index is 12.6. The normalized spacial score (nSPS) is 20.0. The number of anilines is 1. The Kier molecular flexibility index (Phi) is 4.97. The Morgan fingerprint density at radius 1 is 1.40 bits per heavy atom. The maximum absolute atomic E-state index is 12.6. The summed E-state index contributed by atoms with van der Waals surface area (Å²) in [7, 11) is 0. The highest BCUT2D eigenvalue weighted by Crippen LogP contribution is 2.22. The van der Waals surface area contributed by atoms with Gasteiger partial charge in [-0.05, 0) is 18.6 Å². The summed E-state index contributed by atoms with van der Waals surface area (Å²) >= 11 is 0. The lowest BCUT2D eigenvalue weighted by atomic mass is 10.1. The van der Waals surface area contributed by atoms with Crippen molar-refractivity contribution in [3.8, 4) is 0 Å². The van der Waals surface area contributed by atoms with Crippen LogP contribution in [-0.4, -0.2) is 42.8 Å². The fourth-order valence-electron chi connectivity index (χ4n) is 2.80. The zero-order valence-corrected chi connectivity index (χ0v) is 13.9. The number of para-hydroxylation sites is 1. The molecule has 1 saturated heterocycles. The molecule has 0 bridgehead atoms. The summed E-state index contributed by atoms with van der Waals surface area (Å²) in [5, 5.41) is 9.06. The minimum atomic E-state index is -0.517. The molecule has 2 N–H and O–H groups in total. The SMILES string of the molecule is CCC1=NO[C@@H](CNC(=O)c2ccccc2N2CCC(=O)NC2=O)C1. The highest BCUT2D eigenvalue weighted by molar-refractivity contribution is 6.09. The predicted octanol–water partition coefficient (Wildman–Crippen LogP) is 1.42. The third-order valence-electron chi connectivity index (χ3n) is 4.19. The Bertz CT molecular complexity index is 731. The van der Waals surface area contributed by atoms with E-state index in [9.17, 15) is 14.4 Å². The van der Waals surface area contributed by atoms with Gasteiger partial charge in [0.1, 0.15) is 6.10 Å². The Morgan fingerprint density at radius 3 is 2.92 bits per heavy atom. The number of nitrogens with zero attached hydrogens (tertiary/aromatic N) is 2. The molecule has 25 heavy (non-hydrogen) atoms. The van der Waals surface area contributed by atoms with Crippen molar-refractivity contribution in [2.24, 2.45) is 5.16 Å². The molecule has 132 valence electrons. The van der Waals surface area contributed by atoms with E-state index in [0.29, 0.717) is 24.2 Å². The van der Waals surface area contributed by atoms with Gasteiger partial charge >= 0.3 is 6.03 Å². The number of urea groups is 1. The van der Waals surface area contributed by atoms with Crippen LogP contribution in [0.4, 0.5) is 10.5 Å². The van der Waals surface area contributed by atoms with Gasteiger partial charge in [0.05, 0.1) is 23.5 Å². The Labute approximate surface area is 145 Å². The first-order valence-corrected chi connectivity index (χ1v) is 8.28. The third kappa shape index (κ3) is 3.78. The highest BCUT2D eigenvalue weighted by atomic mass is 16.6. The largest absolute Gasteiger partial charge is 0.390 e. The van der Waals surface area contributed by atoms with Crippen LogP contribution < -0.4 is 15.5 Å². The molecule has 0 radical (unpaired) electrons. The van der Waals surface area contributed by atoms with E-state index in [1.807, 2.05) is 6.92 Å². The molecular weight excluding hydrogens is 324 g/mol. The van der Waals surface area contributed by atoms with Crippen molar-refractivity contribution >= 4 is 29.2 Å². The summed E-state index contributed by atoms with van der Waals surface area (Å²) in [4.78, 5) is 42.6. The molecule has 1 atom stereocenters. The number of amides is 4. The van der Waals surface area contributed by atoms with Crippen LogP contribution in [0.5, 0.6) is 0 Å². The summed E-state index contributed by atoms with van der Waals surface area (Å²) in [5.41, 5.74) is 1.83. The number of hydrogen-bond donors (Lipinski definition) is 2. The van der Waals surface area contributed by atoms with Gasteiger partial charge in [-0.2, -0.15) is 0 Å². The van der Waals surface area contributed by atoms with Gasteiger partial charge in [0.15, 0.2) is 0 Å². The van der Waals surface area contributed by atoms with E-state index >= 15 is 0 Å². The number of hydrogen-bond acceptors (Lipinski definition) is 5. The van der Waals surface area contributed by atoms with Crippen LogP contribution in [-0.2, 0) is 9.63 Å². The molecule has 1 aromatic carbocycles. The molecule has 1 fully saturated rings. The number of carbonyl (C=O) groups is 3. The number of carbonyl (C=O) groups excluding carboxylic acids is 3. The second-order valence-corrected chi connectivity index (χ2v) is 5.92. The third-order valence-corrected chi connectivity index (χ3v) is 4.19. The second-order valence-electron chi connectivity index (χ2n) is 5.92. The first-order valence-electron chi connectivity index (χ1n) is 8.28. The van der Waals surface area contributed by atoms with Crippen molar-refractivity contribution in [1.29, 1.82) is 0 Å². The fraction of sp³-hybridized carbons (Fsp3) is 0.412. The Morgan fingerprint density at radius 2 is 2.20 bits per heavy atom. The van der Waals surface area contributed by atoms with Crippen LogP contribution in [0.1, 0.15) is 36.5 Å². The Balaban J connectivity index is 1.67. The van der Waals surface area contributed by atoms with Gasteiger partial charge < -0.3 is 10.2 Å². The molecular formula is C17H20N4O4. The summed E-state index contributed by atoms with van der Waals surface area (Å²) < 4.78 is 0. The van der Waals surface area contributed by atoms with Crippen molar-refractivity contribution in [2.75, 3.05) is 18.0 Å². The van der Waals surface area contributed by atoms with Crippen LogP contribution in [0.25, 0.3) is 0 Å². The first kappa shape index (κ1) is 16.9. The predicted molar refractivity (Wildman–Crippen MR) is 91.5 cm³/mol. The van der Waals surface area contributed by atoms with Crippen LogP contribution >= 0.6 is 0 Å². The van der Waals surface area contributed by atoms with Crippen molar-refractivity contribution in [1.82, 2.24) is 10.6 Å². The highest BCUT2D eigenvalue weighted by Gasteiger charge is 2.28. The standard InChI is InChI=1S/C17H20N4O4/c1-2-11-9-12(25-20-11)10-18-16(23)13-5-3-4-6-14(13)21-8-7-15(22)19-17(21)24/h3-6,12H,2,7-10H2,1H3,(H,18,23)(H,19,22,24)/t12-/m1/s1. The maximum Gasteiger partial charge on any atom is 0.328 e. The molecule has 3 rings (SSSR count). The topological polar surface area (TPSA) is 100 Å². The van der Waals surface area contributed by atoms with E-state index in [1.165, 1.54) is 4.90 Å². The van der Waals surface area contributed by atoms with E-state index in [0.717, 1.165) is 12.1 Å². The van der Waals surface area contributed by atoms with E-state index in [2.05, 4.69) is 15.8 Å². The van der Waals surface area contributed by atoms with Crippen LogP contribution in [0.3, 0.4) is 0 Å². The first-order chi connectivity index (χ1) is 12.1. The summed E-state index contributed by atoms with van der Waals surface area (Å²) in [6, 6.07) is 6.30. The van der Waals surface area contributed by atoms with Gasteiger partial charge in [-0.25, -0.2) is 4.79 Å². The van der Waals surface area contributed by atoms with E-state index in [1.54, 1.807) is 24.3 Å². The number of rotatable bonds is 5. The van der Waals surface area contributed by atoms with Crippen molar-refractivity contribution in [2.45, 2.75) is 32.3 Å². The van der Waals surface area contributed by atoms with Gasteiger partial charge in [0.25, 0.3) is 5.91 Å². The molecule has 2 aliphatic rings. The second kappa shape index (κ2) is 7.33. The van der Waals surface area contributed by atoms with E-state index in [4.69, 9.17) is 4.84 Å². The van der Waals surface area contributed by atoms with Crippen molar-refractivity contribution in [3.63, 3.8) is 0 Å². The summed E-state index contributed by atoms with van der Waals surface area (Å²) in [5.74, 6) is -0.609. The smallest absolute Gasteiger partial charge is 0.328 e. The van der Waals surface area contributed by atoms with E-state index < -0.39 is 6.03 Å². The molecule has 0 aliphatic carbocycles. The summed E-state index contributed by atoms with van der Waals surface area (Å²) in [6.45, 7) is 2.59. The van der Waals surface area contributed by atoms with Crippen molar-refractivity contribution in [3.05, 3.63) is 29.8 Å². The molecule has 0 spiro atoms. The van der Waals surface area contributed by atoms with E-state index in [-0.39, 0.29) is 30.9 Å². The molecule has 8 heteroatoms. The zero-order chi connectivity index (χ0) is 17.8. The number of imide groups is 1. The number of nitrogens with one attached hydrogen (secondary N) is 2. The summed E-state index contributed by atoms with van der Waals surface area (Å²) in [6.07, 6.45) is 1.57. The molecule has 2 aliphatic heterocycles. The fourth-order valence-corrected chi connectivity index (χ4v) is 2.80. The molecule has 4 amide bonds. The molecule has 0 aromatic heterocycles. The average Bonchev–Trinajstić information content (AvgIpc) is 3.08. The van der Waals surface area contributed by atoms with Gasteiger partial charge in [-0.3, -0.25) is 19.8 Å². The quantitative estimate of drug-likeness (QED) is 0.843. The lowest BCUT2D eigenvalue weighted by Gasteiger charge is -2.28. The van der Waals surface area contributed by atoms with Crippen LogP contribution in [0.15, 0.2) is 29.4 Å². The molecule has 1 aromatic rings.